The molecule has 0 aliphatic heterocycles. The first-order chi connectivity index (χ1) is 17.0. The van der Waals surface area contributed by atoms with Gasteiger partial charge in [0, 0.05) is 24.1 Å². The Morgan fingerprint density at radius 1 is 1.06 bits per heavy atom. The number of non-ortho nitro benzene ring substituents is 1. The fourth-order valence-corrected chi connectivity index (χ4v) is 3.75. The SMILES string of the molecule is O=C(NCCn1ncc2c(=O)n(Cc3ccc([N+](=O)[O-])cc3)cnc21)c1ccc2ccccc2n1. The molecule has 0 atom stereocenters. The van der Waals surface area contributed by atoms with Crippen LogP contribution in [0.25, 0.3) is 21.9 Å². The molecule has 2 aromatic carbocycles. The van der Waals surface area contributed by atoms with Crippen LogP contribution >= 0.6 is 0 Å². The lowest BCUT2D eigenvalue weighted by Gasteiger charge is -2.08. The molecule has 174 valence electrons. The number of nitrogens with one attached hydrogen (secondary N) is 1. The third-order valence-corrected chi connectivity index (χ3v) is 5.56. The van der Waals surface area contributed by atoms with Gasteiger partial charge in [0.25, 0.3) is 17.2 Å². The lowest BCUT2D eigenvalue weighted by atomic mass is 10.2. The largest absolute Gasteiger partial charge is 0.349 e. The monoisotopic (exact) mass is 469 g/mol. The summed E-state index contributed by atoms with van der Waals surface area (Å²) >= 11 is 0. The number of amides is 1. The van der Waals surface area contributed by atoms with E-state index in [-0.39, 0.29) is 30.2 Å². The smallest absolute Gasteiger partial charge is 0.269 e. The number of benzene rings is 2. The lowest BCUT2D eigenvalue weighted by Crippen LogP contribution is -2.28. The highest BCUT2D eigenvalue weighted by molar-refractivity contribution is 5.94. The summed E-state index contributed by atoms with van der Waals surface area (Å²) < 4.78 is 2.98. The maximum Gasteiger partial charge on any atom is 0.269 e. The zero-order valence-corrected chi connectivity index (χ0v) is 18.4. The van der Waals surface area contributed by atoms with Crippen molar-refractivity contribution in [1.29, 1.82) is 0 Å². The van der Waals surface area contributed by atoms with Crippen molar-refractivity contribution < 1.29 is 9.72 Å². The van der Waals surface area contributed by atoms with E-state index in [1.54, 1.807) is 22.9 Å². The quantitative estimate of drug-likeness (QED) is 0.285. The van der Waals surface area contributed by atoms with Gasteiger partial charge in [0.2, 0.25) is 0 Å². The summed E-state index contributed by atoms with van der Waals surface area (Å²) in [4.78, 5) is 44.5. The fraction of sp³-hybridized carbons (Fsp3) is 0.125. The van der Waals surface area contributed by atoms with E-state index in [9.17, 15) is 19.7 Å². The van der Waals surface area contributed by atoms with Crippen LogP contribution in [0.3, 0.4) is 0 Å². The maximum absolute atomic E-state index is 12.9. The molecule has 5 rings (SSSR count). The van der Waals surface area contributed by atoms with Crippen molar-refractivity contribution in [3.63, 3.8) is 0 Å². The van der Waals surface area contributed by atoms with Crippen LogP contribution in [0.4, 0.5) is 5.69 Å². The van der Waals surface area contributed by atoms with E-state index in [4.69, 9.17) is 0 Å². The molecule has 1 N–H and O–H groups in total. The minimum absolute atomic E-state index is 0.0144. The molecule has 0 aliphatic carbocycles. The molecule has 0 unspecified atom stereocenters. The summed E-state index contributed by atoms with van der Waals surface area (Å²) in [7, 11) is 0. The van der Waals surface area contributed by atoms with E-state index >= 15 is 0 Å². The van der Waals surface area contributed by atoms with E-state index in [1.807, 2.05) is 30.3 Å². The third-order valence-electron chi connectivity index (χ3n) is 5.56. The Hall–Kier alpha value is -4.93. The molecule has 3 aromatic heterocycles. The van der Waals surface area contributed by atoms with Crippen molar-refractivity contribution in [2.24, 2.45) is 0 Å². The summed E-state index contributed by atoms with van der Waals surface area (Å²) in [6, 6.07) is 17.1. The summed E-state index contributed by atoms with van der Waals surface area (Å²) in [5, 5.41) is 19.2. The molecule has 3 heterocycles. The number of hydrogen-bond acceptors (Lipinski definition) is 7. The zero-order chi connectivity index (χ0) is 24.4. The van der Waals surface area contributed by atoms with Crippen LogP contribution in [0.15, 0.2) is 78.0 Å². The van der Waals surface area contributed by atoms with Crippen molar-refractivity contribution >= 4 is 33.5 Å². The van der Waals surface area contributed by atoms with E-state index < -0.39 is 4.92 Å². The summed E-state index contributed by atoms with van der Waals surface area (Å²) in [6.07, 6.45) is 2.87. The normalized spacial score (nSPS) is 11.1. The Labute approximate surface area is 197 Å². The van der Waals surface area contributed by atoms with E-state index in [2.05, 4.69) is 20.4 Å². The van der Waals surface area contributed by atoms with E-state index in [1.165, 1.54) is 29.2 Å². The number of aromatic nitrogens is 5. The first-order valence-electron chi connectivity index (χ1n) is 10.8. The van der Waals surface area contributed by atoms with Crippen molar-refractivity contribution in [1.82, 2.24) is 29.6 Å². The highest BCUT2D eigenvalue weighted by Crippen LogP contribution is 2.14. The van der Waals surface area contributed by atoms with Crippen molar-refractivity contribution in [3.05, 3.63) is 105 Å². The molecule has 35 heavy (non-hydrogen) atoms. The van der Waals surface area contributed by atoms with Crippen LogP contribution in [-0.2, 0) is 13.1 Å². The van der Waals surface area contributed by atoms with Crippen LogP contribution in [0.2, 0.25) is 0 Å². The van der Waals surface area contributed by atoms with Crippen LogP contribution < -0.4 is 10.9 Å². The molecule has 0 radical (unpaired) electrons. The first kappa shape index (κ1) is 21.9. The lowest BCUT2D eigenvalue weighted by molar-refractivity contribution is -0.384. The first-order valence-corrected chi connectivity index (χ1v) is 10.8. The number of carbonyl (C=O) groups is 1. The number of hydrogen-bond donors (Lipinski definition) is 1. The van der Waals surface area contributed by atoms with E-state index in [0.29, 0.717) is 23.3 Å². The van der Waals surface area contributed by atoms with Gasteiger partial charge < -0.3 is 5.32 Å². The van der Waals surface area contributed by atoms with Crippen LogP contribution in [0.5, 0.6) is 0 Å². The molecule has 0 fully saturated rings. The average molecular weight is 469 g/mol. The molecule has 11 heteroatoms. The molecule has 0 saturated carbocycles. The number of carbonyl (C=O) groups excluding carboxylic acids is 1. The Morgan fingerprint density at radius 2 is 1.86 bits per heavy atom. The van der Waals surface area contributed by atoms with Gasteiger partial charge in [-0.1, -0.05) is 36.4 Å². The second-order valence-electron chi connectivity index (χ2n) is 7.85. The summed E-state index contributed by atoms with van der Waals surface area (Å²) in [5.41, 5.74) is 1.92. The van der Waals surface area contributed by atoms with Gasteiger partial charge in [0.15, 0.2) is 5.65 Å². The number of rotatable bonds is 7. The van der Waals surface area contributed by atoms with Gasteiger partial charge in [0.05, 0.1) is 29.7 Å². The Balaban J connectivity index is 1.26. The van der Waals surface area contributed by atoms with Gasteiger partial charge in [-0.3, -0.25) is 24.3 Å². The Morgan fingerprint density at radius 3 is 2.66 bits per heavy atom. The number of nitrogens with zero attached hydrogens (tertiary/aromatic N) is 6. The molecule has 0 aliphatic rings. The van der Waals surface area contributed by atoms with Gasteiger partial charge in [0.1, 0.15) is 17.4 Å². The zero-order valence-electron chi connectivity index (χ0n) is 18.4. The van der Waals surface area contributed by atoms with Gasteiger partial charge in [-0.25, -0.2) is 14.6 Å². The topological polar surface area (TPSA) is 138 Å². The molecule has 0 bridgehead atoms. The van der Waals surface area contributed by atoms with Crippen molar-refractivity contribution in [3.8, 4) is 0 Å². The van der Waals surface area contributed by atoms with Crippen LogP contribution in [0, 0.1) is 10.1 Å². The van der Waals surface area contributed by atoms with Crippen LogP contribution in [-0.4, -0.2) is 41.7 Å². The van der Waals surface area contributed by atoms with Gasteiger partial charge in [-0.05, 0) is 17.7 Å². The highest BCUT2D eigenvalue weighted by atomic mass is 16.6. The molecular weight excluding hydrogens is 450 g/mol. The van der Waals surface area contributed by atoms with Gasteiger partial charge in [-0.2, -0.15) is 5.10 Å². The summed E-state index contributed by atoms with van der Waals surface area (Å²) in [6.45, 7) is 0.819. The molecule has 0 saturated heterocycles. The van der Waals surface area contributed by atoms with Gasteiger partial charge >= 0.3 is 0 Å². The molecule has 11 nitrogen and oxygen atoms in total. The maximum atomic E-state index is 12.9. The average Bonchev–Trinajstić information content (AvgIpc) is 3.29. The van der Waals surface area contributed by atoms with Gasteiger partial charge in [-0.15, -0.1) is 0 Å². The second-order valence-corrected chi connectivity index (χ2v) is 7.85. The standard InChI is InChI=1S/C24H19N7O4/c32-23(21-10-7-17-3-1-2-4-20(17)28-21)25-11-12-30-22-19(13-27-30)24(33)29(15-26-22)14-16-5-8-18(9-6-16)31(34)35/h1-10,13,15H,11-12,14H2,(H,25,32). The van der Waals surface area contributed by atoms with Crippen LogP contribution in [0.1, 0.15) is 16.1 Å². The number of pyridine rings is 1. The molecule has 5 aromatic rings. The molecule has 1 amide bonds. The number of nitro groups is 1. The van der Waals surface area contributed by atoms with E-state index in [0.717, 1.165) is 16.5 Å². The fourth-order valence-electron chi connectivity index (χ4n) is 3.75. The Bertz CT molecular complexity index is 1620. The van der Waals surface area contributed by atoms with Crippen molar-refractivity contribution in [2.45, 2.75) is 13.1 Å². The highest BCUT2D eigenvalue weighted by Gasteiger charge is 2.12. The minimum atomic E-state index is -0.474. The number of fused-ring (bicyclic) bond motifs is 2. The second kappa shape index (κ2) is 9.14. The summed E-state index contributed by atoms with van der Waals surface area (Å²) in [5.74, 6) is -0.300. The minimum Gasteiger partial charge on any atom is -0.349 e. The molecule has 0 spiro atoms. The number of nitro benzene ring substituents is 1. The molecular formula is C24H19N7O4. The third kappa shape index (κ3) is 4.47. The predicted octanol–water partition coefficient (Wildman–Crippen LogP) is 2.53. The Kier molecular flexibility index (Phi) is 5.71. The number of para-hydroxylation sites is 1. The van der Waals surface area contributed by atoms with Crippen molar-refractivity contribution in [2.75, 3.05) is 6.54 Å². The predicted molar refractivity (Wildman–Crippen MR) is 128 cm³/mol.